The average Bonchev–Trinajstić information content (AvgIpc) is 3.34. The highest BCUT2D eigenvalue weighted by molar-refractivity contribution is 5.89. The van der Waals surface area contributed by atoms with Crippen LogP contribution in [0.25, 0.3) is 11.4 Å². The van der Waals surface area contributed by atoms with E-state index in [1.807, 2.05) is 0 Å². The van der Waals surface area contributed by atoms with Crippen LogP contribution in [0.1, 0.15) is 17.1 Å². The van der Waals surface area contributed by atoms with Gasteiger partial charge in [-0.25, -0.2) is 0 Å². The van der Waals surface area contributed by atoms with E-state index in [0.717, 1.165) is 39.3 Å². The highest BCUT2D eigenvalue weighted by Crippen LogP contribution is 2.35. The molecular weight excluding hydrogens is 340 g/mol. The average molecular weight is 361 g/mol. The van der Waals surface area contributed by atoms with Gasteiger partial charge in [0.15, 0.2) is 11.5 Å². The van der Waals surface area contributed by atoms with E-state index in [-0.39, 0.29) is 18.6 Å². The Balaban J connectivity index is 1.29. The Hall–Kier alpha value is -2.65. The number of amides is 1. The molecule has 1 amide bonds. The van der Waals surface area contributed by atoms with Gasteiger partial charge >= 0.3 is 11.8 Å². The predicted molar refractivity (Wildman–Crippen MR) is 89.2 cm³/mol. The molecule has 2 N–H and O–H groups in total. The van der Waals surface area contributed by atoms with Crippen LogP contribution in [0, 0.1) is 0 Å². The summed E-state index contributed by atoms with van der Waals surface area (Å²) < 4.78 is 21.0. The van der Waals surface area contributed by atoms with E-state index in [1.165, 1.54) is 4.90 Å². The van der Waals surface area contributed by atoms with E-state index in [1.54, 1.807) is 18.2 Å². The van der Waals surface area contributed by atoms with Gasteiger partial charge in [-0.3, -0.25) is 4.79 Å². The Morgan fingerprint density at radius 3 is 2.92 bits per heavy atom. The van der Waals surface area contributed by atoms with E-state index in [9.17, 15) is 4.79 Å². The van der Waals surface area contributed by atoms with Crippen molar-refractivity contribution in [3.05, 3.63) is 24.1 Å². The molecular formula is C17H21N4O5+. The van der Waals surface area contributed by atoms with Crippen LogP contribution in [0.15, 0.2) is 22.7 Å². The summed E-state index contributed by atoms with van der Waals surface area (Å²) in [6.07, 6.45) is 0.893. The first-order valence-electron chi connectivity index (χ1n) is 8.73. The first-order chi connectivity index (χ1) is 12.8. The standard InChI is InChI=1S/C17H20N4O5/c22-16(18-4-1-5-21-6-8-23-9-7-21)17-19-15(20-26-17)12-2-3-13-14(10-12)25-11-24-13/h2-3,10H,1,4-9,11H2,(H,18,22)/p+1. The number of hydrogen-bond acceptors (Lipinski definition) is 7. The number of morpholine rings is 1. The van der Waals surface area contributed by atoms with Crippen LogP contribution in [0.5, 0.6) is 11.5 Å². The minimum Gasteiger partial charge on any atom is -0.454 e. The molecule has 0 bridgehead atoms. The quantitative estimate of drug-likeness (QED) is 0.669. The Morgan fingerprint density at radius 2 is 2.04 bits per heavy atom. The summed E-state index contributed by atoms with van der Waals surface area (Å²) >= 11 is 0. The van der Waals surface area contributed by atoms with Crippen molar-refractivity contribution in [1.29, 1.82) is 0 Å². The van der Waals surface area contributed by atoms with Crippen molar-refractivity contribution in [2.45, 2.75) is 6.42 Å². The van der Waals surface area contributed by atoms with Crippen molar-refractivity contribution < 1.29 is 28.4 Å². The Labute approximate surface area is 150 Å². The second-order valence-electron chi connectivity index (χ2n) is 6.21. The summed E-state index contributed by atoms with van der Waals surface area (Å²) in [5, 5.41) is 6.69. The van der Waals surface area contributed by atoms with Crippen molar-refractivity contribution in [1.82, 2.24) is 15.5 Å². The molecule has 2 aromatic rings. The molecule has 1 aromatic heterocycles. The van der Waals surface area contributed by atoms with E-state index in [2.05, 4.69) is 15.5 Å². The number of rotatable bonds is 6. The highest BCUT2D eigenvalue weighted by atomic mass is 16.7. The molecule has 138 valence electrons. The van der Waals surface area contributed by atoms with Gasteiger partial charge in [-0.05, 0) is 18.2 Å². The summed E-state index contributed by atoms with van der Waals surface area (Å²) in [7, 11) is 0. The number of carbonyl (C=O) groups excluding carboxylic acids is 1. The first kappa shape index (κ1) is 16.8. The van der Waals surface area contributed by atoms with Crippen LogP contribution in [0.2, 0.25) is 0 Å². The molecule has 2 aliphatic rings. The third-order valence-electron chi connectivity index (χ3n) is 4.44. The maximum Gasteiger partial charge on any atom is 0.316 e. The Bertz CT molecular complexity index is 772. The molecule has 0 saturated carbocycles. The maximum atomic E-state index is 12.1. The molecule has 0 radical (unpaired) electrons. The van der Waals surface area contributed by atoms with E-state index in [4.69, 9.17) is 18.7 Å². The molecule has 2 aliphatic heterocycles. The lowest BCUT2D eigenvalue weighted by Crippen LogP contribution is -3.14. The number of nitrogens with one attached hydrogen (secondary N) is 2. The third kappa shape index (κ3) is 3.78. The zero-order valence-corrected chi connectivity index (χ0v) is 14.3. The molecule has 4 rings (SSSR count). The minimum atomic E-state index is -0.360. The van der Waals surface area contributed by atoms with Gasteiger partial charge in [0.1, 0.15) is 13.1 Å². The molecule has 1 fully saturated rings. The number of quaternary nitrogens is 1. The topological polar surface area (TPSA) is 100 Å². The van der Waals surface area contributed by atoms with E-state index < -0.39 is 0 Å². The molecule has 9 nitrogen and oxygen atoms in total. The van der Waals surface area contributed by atoms with Crippen LogP contribution >= 0.6 is 0 Å². The van der Waals surface area contributed by atoms with Gasteiger partial charge in [0.05, 0.1) is 19.8 Å². The SMILES string of the molecule is O=C(NCCC[NH+]1CCOCC1)c1nc(-c2ccc3c(c2)OCO3)no1. The number of benzene rings is 1. The van der Waals surface area contributed by atoms with Gasteiger partial charge in [0.2, 0.25) is 12.6 Å². The molecule has 9 heteroatoms. The van der Waals surface area contributed by atoms with Crippen molar-refractivity contribution in [2.75, 3.05) is 46.2 Å². The fourth-order valence-corrected chi connectivity index (χ4v) is 2.99. The van der Waals surface area contributed by atoms with Crippen molar-refractivity contribution in [3.8, 4) is 22.9 Å². The zero-order chi connectivity index (χ0) is 17.8. The van der Waals surface area contributed by atoms with Crippen molar-refractivity contribution in [2.24, 2.45) is 0 Å². The van der Waals surface area contributed by atoms with E-state index in [0.29, 0.717) is 29.4 Å². The molecule has 3 heterocycles. The van der Waals surface area contributed by atoms with Crippen LogP contribution < -0.4 is 19.7 Å². The Kier molecular flexibility index (Phi) is 4.98. The number of carbonyl (C=O) groups is 1. The largest absolute Gasteiger partial charge is 0.454 e. The smallest absolute Gasteiger partial charge is 0.316 e. The second-order valence-corrected chi connectivity index (χ2v) is 6.21. The summed E-state index contributed by atoms with van der Waals surface area (Å²) in [4.78, 5) is 17.8. The first-order valence-corrected chi connectivity index (χ1v) is 8.73. The molecule has 0 aliphatic carbocycles. The van der Waals surface area contributed by atoms with Gasteiger partial charge < -0.3 is 29.0 Å². The van der Waals surface area contributed by atoms with Crippen LogP contribution in [-0.2, 0) is 4.74 Å². The summed E-state index contributed by atoms with van der Waals surface area (Å²) in [6, 6.07) is 5.34. The molecule has 0 spiro atoms. The fourth-order valence-electron chi connectivity index (χ4n) is 2.99. The number of hydrogen-bond donors (Lipinski definition) is 2. The van der Waals surface area contributed by atoms with Crippen LogP contribution in [0.3, 0.4) is 0 Å². The number of nitrogens with zero attached hydrogens (tertiary/aromatic N) is 2. The van der Waals surface area contributed by atoms with Gasteiger partial charge in [-0.15, -0.1) is 0 Å². The molecule has 1 saturated heterocycles. The van der Waals surface area contributed by atoms with Crippen molar-refractivity contribution >= 4 is 5.91 Å². The number of ether oxygens (including phenoxy) is 3. The van der Waals surface area contributed by atoms with E-state index >= 15 is 0 Å². The lowest BCUT2D eigenvalue weighted by atomic mass is 10.2. The highest BCUT2D eigenvalue weighted by Gasteiger charge is 2.19. The van der Waals surface area contributed by atoms with Gasteiger partial charge in [-0.2, -0.15) is 4.98 Å². The lowest BCUT2D eigenvalue weighted by molar-refractivity contribution is -0.908. The molecule has 0 atom stereocenters. The molecule has 1 aromatic carbocycles. The van der Waals surface area contributed by atoms with Crippen LogP contribution in [0.4, 0.5) is 0 Å². The second kappa shape index (κ2) is 7.71. The number of fused-ring (bicyclic) bond motifs is 1. The van der Waals surface area contributed by atoms with Crippen molar-refractivity contribution in [3.63, 3.8) is 0 Å². The summed E-state index contributed by atoms with van der Waals surface area (Å²) in [6.45, 7) is 5.46. The normalized spacial score (nSPS) is 16.6. The summed E-state index contributed by atoms with van der Waals surface area (Å²) in [5.74, 6) is 1.24. The zero-order valence-electron chi connectivity index (χ0n) is 14.3. The third-order valence-corrected chi connectivity index (χ3v) is 4.44. The van der Waals surface area contributed by atoms with Gasteiger partial charge in [-0.1, -0.05) is 5.16 Å². The Morgan fingerprint density at radius 1 is 1.19 bits per heavy atom. The molecule has 0 unspecified atom stereocenters. The minimum absolute atomic E-state index is 0.0450. The van der Waals surface area contributed by atoms with Crippen LogP contribution in [-0.4, -0.2) is 62.2 Å². The lowest BCUT2D eigenvalue weighted by Gasteiger charge is -2.23. The monoisotopic (exact) mass is 361 g/mol. The van der Waals surface area contributed by atoms with Gasteiger partial charge in [0, 0.05) is 18.5 Å². The number of aromatic nitrogens is 2. The maximum absolute atomic E-state index is 12.1. The fraction of sp³-hybridized carbons (Fsp3) is 0.471. The van der Waals surface area contributed by atoms with Gasteiger partial charge in [0.25, 0.3) is 0 Å². The predicted octanol–water partition coefficient (Wildman–Crippen LogP) is -0.500. The summed E-state index contributed by atoms with van der Waals surface area (Å²) in [5.41, 5.74) is 0.702. The molecule has 26 heavy (non-hydrogen) atoms.